The van der Waals surface area contributed by atoms with Gasteiger partial charge in [0.1, 0.15) is 12.0 Å². The first-order valence-electron chi connectivity index (χ1n) is 12.7. The van der Waals surface area contributed by atoms with Crippen LogP contribution in [0.1, 0.15) is 61.9 Å². The summed E-state index contributed by atoms with van der Waals surface area (Å²) in [5.41, 5.74) is 0.319. The third-order valence-corrected chi connectivity index (χ3v) is 9.24. The molecule has 0 unspecified atom stereocenters. The number of ether oxygens (including phenoxy) is 1. The van der Waals surface area contributed by atoms with Gasteiger partial charge in [-0.3, -0.25) is 14.6 Å². The van der Waals surface area contributed by atoms with E-state index in [1.54, 1.807) is 23.7 Å². The smallest absolute Gasteiger partial charge is 0.317 e. The lowest BCUT2D eigenvalue weighted by Crippen LogP contribution is -3.00. The largest absolute Gasteiger partial charge is 1.00 e. The monoisotopic (exact) mass is 562 g/mol. The van der Waals surface area contributed by atoms with Crippen LogP contribution in [0.3, 0.4) is 0 Å². The lowest BCUT2D eigenvalue weighted by molar-refractivity contribution is -0.939. The highest BCUT2D eigenvalue weighted by Crippen LogP contribution is 2.43. The van der Waals surface area contributed by atoms with E-state index in [-0.39, 0.29) is 35.0 Å². The molecule has 1 aliphatic carbocycles. The number of amides is 1. The molecule has 1 amide bonds. The molecule has 0 radical (unpaired) electrons. The number of halogens is 1. The number of rotatable bonds is 6. The summed E-state index contributed by atoms with van der Waals surface area (Å²) >= 11 is 1.68. The molecule has 35 heavy (non-hydrogen) atoms. The maximum absolute atomic E-state index is 13.8. The van der Waals surface area contributed by atoms with E-state index >= 15 is 0 Å². The molecule has 0 aromatic carbocycles. The number of carbonyl (C=O) groups excluding carboxylic acids is 2. The first-order chi connectivity index (χ1) is 16.5. The van der Waals surface area contributed by atoms with E-state index in [1.165, 1.54) is 12.8 Å². The van der Waals surface area contributed by atoms with Crippen LogP contribution in [0, 0.1) is 12.8 Å². The summed E-state index contributed by atoms with van der Waals surface area (Å²) in [4.78, 5) is 36.3. The van der Waals surface area contributed by atoms with E-state index < -0.39 is 5.41 Å². The quantitative estimate of drug-likeness (QED) is 0.325. The molecule has 4 aliphatic rings. The fraction of sp³-hybridized carbons (Fsp3) is 0.615. The number of esters is 1. The van der Waals surface area contributed by atoms with Gasteiger partial charge in [0.25, 0.3) is 5.91 Å². The molecule has 5 heterocycles. The Morgan fingerprint density at radius 1 is 1.14 bits per heavy atom. The fourth-order valence-corrected chi connectivity index (χ4v) is 7.18. The number of aromatic nitrogens is 2. The summed E-state index contributed by atoms with van der Waals surface area (Å²) in [5, 5.41) is 4.97. The Morgan fingerprint density at radius 3 is 2.51 bits per heavy atom. The molecule has 1 saturated carbocycles. The van der Waals surface area contributed by atoms with Crippen LogP contribution in [0.2, 0.25) is 0 Å². The number of anilines is 1. The highest BCUT2D eigenvalue weighted by Gasteiger charge is 2.51. The van der Waals surface area contributed by atoms with E-state index in [4.69, 9.17) is 4.74 Å². The predicted octanol–water partition coefficient (Wildman–Crippen LogP) is 1.23. The Labute approximate surface area is 222 Å². The van der Waals surface area contributed by atoms with Crippen LogP contribution in [-0.2, 0) is 19.7 Å². The van der Waals surface area contributed by atoms with E-state index in [0.717, 1.165) is 68.7 Å². The Morgan fingerprint density at radius 2 is 1.89 bits per heavy atom. The summed E-state index contributed by atoms with van der Waals surface area (Å²) in [6, 6.07) is 4.16. The van der Waals surface area contributed by atoms with Gasteiger partial charge in [0, 0.05) is 23.6 Å². The van der Waals surface area contributed by atoms with Gasteiger partial charge >= 0.3 is 5.97 Å². The minimum atomic E-state index is -0.497. The minimum absolute atomic E-state index is 0. The van der Waals surface area contributed by atoms with Crippen molar-refractivity contribution in [3.8, 4) is 0 Å². The zero-order valence-electron chi connectivity index (χ0n) is 20.4. The molecule has 3 saturated heterocycles. The Hall–Kier alpha value is -1.84. The van der Waals surface area contributed by atoms with Crippen molar-refractivity contribution in [3.05, 3.63) is 40.5 Å². The van der Waals surface area contributed by atoms with Gasteiger partial charge in [0.15, 0.2) is 18.5 Å². The van der Waals surface area contributed by atoms with E-state index in [1.807, 2.05) is 13.0 Å². The second-order valence-corrected chi connectivity index (χ2v) is 11.4. The van der Waals surface area contributed by atoms with Crippen molar-refractivity contribution in [1.29, 1.82) is 0 Å². The second-order valence-electron chi connectivity index (χ2n) is 10.5. The predicted molar refractivity (Wildman–Crippen MR) is 131 cm³/mol. The van der Waals surface area contributed by atoms with E-state index in [0.29, 0.717) is 22.8 Å². The summed E-state index contributed by atoms with van der Waals surface area (Å²) in [6.07, 6.45) is 11.4. The van der Waals surface area contributed by atoms with Crippen LogP contribution >= 0.6 is 11.3 Å². The first kappa shape index (κ1) is 26.2. The number of carbonyl (C=O) groups is 2. The first-order valence-corrected chi connectivity index (χ1v) is 13.5. The molecular formula is C26H35BrN4O3S. The number of quaternary nitrogens is 1. The normalized spacial score (nSPS) is 27.3. The van der Waals surface area contributed by atoms with Crippen molar-refractivity contribution >= 4 is 29.0 Å². The molecule has 2 aromatic heterocycles. The summed E-state index contributed by atoms with van der Waals surface area (Å²) in [6.45, 7) is 4.90. The maximum Gasteiger partial charge on any atom is 0.317 e. The molecule has 6 rings (SSSR count). The van der Waals surface area contributed by atoms with Crippen LogP contribution in [0.5, 0.6) is 0 Å². The topological polar surface area (TPSA) is 81.2 Å². The van der Waals surface area contributed by atoms with Gasteiger partial charge in [0.2, 0.25) is 0 Å². The molecule has 2 aromatic rings. The molecule has 9 heteroatoms. The zero-order chi connectivity index (χ0) is 23.6. The Balaban J connectivity index is 0.00000289. The third kappa shape index (κ3) is 5.62. The second kappa shape index (κ2) is 11.0. The van der Waals surface area contributed by atoms with E-state index in [9.17, 15) is 9.59 Å². The number of fused-ring (bicyclic) bond motifs is 3. The van der Waals surface area contributed by atoms with Crippen LogP contribution in [0.4, 0.5) is 5.82 Å². The number of nitrogens with one attached hydrogen (secondary N) is 1. The van der Waals surface area contributed by atoms with Gasteiger partial charge < -0.3 is 31.5 Å². The van der Waals surface area contributed by atoms with E-state index in [2.05, 4.69) is 26.7 Å². The Bertz CT molecular complexity index is 998. The standard InChI is InChI=1S/C26H34N4O3S.BrH/c1-19-15-28-23(16-27-19)29-24(31)18-30-12-8-20(9-13-30)21(17-30)33-25(32)26(22-7-6-14-34-22)10-4-2-3-5-11-26;/h6-7,14-16,20-21H,2-5,8-13,17-18H2,1H3;1H/t20?,21-,30?;/m0./s1. The van der Waals surface area contributed by atoms with Gasteiger partial charge in [-0.1, -0.05) is 31.7 Å². The number of hydrogen-bond acceptors (Lipinski definition) is 6. The van der Waals surface area contributed by atoms with Gasteiger partial charge in [-0.05, 0) is 31.2 Å². The number of nitrogens with zero attached hydrogens (tertiary/aromatic N) is 3. The third-order valence-electron chi connectivity index (χ3n) is 8.17. The number of hydrogen-bond donors (Lipinski definition) is 1. The highest BCUT2D eigenvalue weighted by atomic mass is 79.9. The molecule has 2 bridgehead atoms. The molecule has 4 fully saturated rings. The van der Waals surface area contributed by atoms with Gasteiger partial charge in [-0.15, -0.1) is 11.3 Å². The minimum Gasteiger partial charge on any atom is -1.00 e. The highest BCUT2D eigenvalue weighted by molar-refractivity contribution is 7.10. The van der Waals surface area contributed by atoms with Crippen LogP contribution in [0.25, 0.3) is 0 Å². The van der Waals surface area contributed by atoms with Crippen LogP contribution < -0.4 is 22.3 Å². The van der Waals surface area contributed by atoms with Crippen molar-refractivity contribution in [2.24, 2.45) is 5.92 Å². The molecule has 1 atom stereocenters. The number of thiophene rings is 1. The van der Waals surface area contributed by atoms with Crippen LogP contribution in [0.15, 0.2) is 29.9 Å². The molecule has 7 nitrogen and oxygen atoms in total. The van der Waals surface area contributed by atoms with Crippen molar-refractivity contribution in [2.45, 2.75) is 69.8 Å². The lowest BCUT2D eigenvalue weighted by atomic mass is 9.78. The fourth-order valence-electron chi connectivity index (χ4n) is 6.21. The van der Waals surface area contributed by atoms with Crippen molar-refractivity contribution in [1.82, 2.24) is 9.97 Å². The van der Waals surface area contributed by atoms with Crippen LogP contribution in [-0.4, -0.2) is 58.6 Å². The average Bonchev–Trinajstić information content (AvgIpc) is 3.26. The summed E-state index contributed by atoms with van der Waals surface area (Å²) in [5.74, 6) is 0.798. The number of aryl methyl sites for hydroxylation is 1. The molecular weight excluding hydrogens is 528 g/mol. The molecule has 190 valence electrons. The Kier molecular flexibility index (Phi) is 8.28. The maximum atomic E-state index is 13.8. The van der Waals surface area contributed by atoms with Crippen molar-refractivity contribution < 1.29 is 35.8 Å². The van der Waals surface area contributed by atoms with Crippen molar-refractivity contribution in [2.75, 3.05) is 31.5 Å². The van der Waals surface area contributed by atoms with Gasteiger partial charge in [-0.2, -0.15) is 0 Å². The number of piperidine rings is 3. The van der Waals surface area contributed by atoms with Crippen molar-refractivity contribution in [3.63, 3.8) is 0 Å². The molecule has 3 aliphatic heterocycles. The SMILES string of the molecule is Cc1cnc(NC(=O)C[N+]23CCC(CC2)[C@@H](OC(=O)C2(c4cccs4)CCCCCC2)C3)cn1.[Br-]. The van der Waals surface area contributed by atoms with Gasteiger partial charge in [-0.25, -0.2) is 4.98 Å². The summed E-state index contributed by atoms with van der Waals surface area (Å²) < 4.78 is 7.07. The average molecular weight is 564 g/mol. The zero-order valence-corrected chi connectivity index (χ0v) is 22.8. The lowest BCUT2D eigenvalue weighted by Gasteiger charge is -2.52. The molecule has 0 spiro atoms. The molecule has 1 N–H and O–H groups in total. The summed E-state index contributed by atoms with van der Waals surface area (Å²) in [7, 11) is 0. The van der Waals surface area contributed by atoms with Gasteiger partial charge in [0.05, 0.1) is 31.2 Å².